The summed E-state index contributed by atoms with van der Waals surface area (Å²) >= 11 is 0. The molecule has 3 heteroatoms. The summed E-state index contributed by atoms with van der Waals surface area (Å²) in [6, 6.07) is 15.9. The summed E-state index contributed by atoms with van der Waals surface area (Å²) in [5.41, 5.74) is 8.37. The van der Waals surface area contributed by atoms with Crippen LogP contribution in [0.4, 0.5) is 0 Å². The molecule has 0 fully saturated rings. The zero-order valence-corrected chi connectivity index (χ0v) is 10.9. The van der Waals surface area contributed by atoms with Crippen LogP contribution < -0.4 is 15.2 Å². The molecule has 0 aliphatic carbocycles. The van der Waals surface area contributed by atoms with Gasteiger partial charge in [-0.1, -0.05) is 36.4 Å². The monoisotopic (exact) mass is 255 g/mol. The van der Waals surface area contributed by atoms with Crippen molar-refractivity contribution in [2.75, 3.05) is 7.11 Å². The number of hydrogen-bond acceptors (Lipinski definition) is 3. The van der Waals surface area contributed by atoms with Crippen molar-refractivity contribution in [2.45, 2.75) is 18.6 Å². The van der Waals surface area contributed by atoms with Crippen LogP contribution in [-0.4, -0.2) is 7.11 Å². The molecule has 98 valence electrons. The van der Waals surface area contributed by atoms with Crippen LogP contribution in [0.2, 0.25) is 0 Å². The zero-order chi connectivity index (χ0) is 13.2. The average molecular weight is 255 g/mol. The highest BCUT2D eigenvalue weighted by atomic mass is 16.5. The van der Waals surface area contributed by atoms with Crippen LogP contribution in [0.1, 0.15) is 29.7 Å². The number of methoxy groups -OCH3 is 1. The summed E-state index contributed by atoms with van der Waals surface area (Å²) < 4.78 is 11.5. The van der Waals surface area contributed by atoms with Crippen LogP contribution >= 0.6 is 0 Å². The Labute approximate surface area is 113 Å². The van der Waals surface area contributed by atoms with Crippen molar-refractivity contribution in [2.24, 2.45) is 5.73 Å². The Hall–Kier alpha value is -2.00. The second-order valence-electron chi connectivity index (χ2n) is 4.73. The summed E-state index contributed by atoms with van der Waals surface area (Å²) in [5, 5.41) is 0. The Morgan fingerprint density at radius 2 is 1.74 bits per heavy atom. The topological polar surface area (TPSA) is 44.5 Å². The van der Waals surface area contributed by atoms with E-state index in [2.05, 4.69) is 0 Å². The lowest BCUT2D eigenvalue weighted by atomic mass is 9.93. The molecule has 0 radical (unpaired) electrons. The second-order valence-corrected chi connectivity index (χ2v) is 4.73. The van der Waals surface area contributed by atoms with Gasteiger partial charge in [-0.05, 0) is 12.1 Å². The molecule has 2 atom stereocenters. The maximum absolute atomic E-state index is 6.24. The molecule has 1 aliphatic rings. The zero-order valence-electron chi connectivity index (χ0n) is 10.9. The quantitative estimate of drug-likeness (QED) is 0.896. The van der Waals surface area contributed by atoms with E-state index in [-0.39, 0.29) is 12.1 Å². The highest BCUT2D eigenvalue weighted by Crippen LogP contribution is 2.41. The first kappa shape index (κ1) is 12.1. The van der Waals surface area contributed by atoms with E-state index in [1.807, 2.05) is 48.5 Å². The van der Waals surface area contributed by atoms with Crippen LogP contribution in [0.3, 0.4) is 0 Å². The summed E-state index contributed by atoms with van der Waals surface area (Å²) in [7, 11) is 1.68. The summed E-state index contributed by atoms with van der Waals surface area (Å²) in [6.07, 6.45) is 0.707. The lowest BCUT2D eigenvalue weighted by Crippen LogP contribution is -2.24. The van der Waals surface area contributed by atoms with Gasteiger partial charge in [0.2, 0.25) is 0 Å². The van der Waals surface area contributed by atoms with Crippen molar-refractivity contribution < 1.29 is 9.47 Å². The molecule has 0 aromatic heterocycles. The van der Waals surface area contributed by atoms with E-state index in [9.17, 15) is 0 Å². The number of para-hydroxylation sites is 2. The largest absolute Gasteiger partial charge is 0.496 e. The molecule has 3 rings (SSSR count). The number of fused-ring (bicyclic) bond motifs is 1. The van der Waals surface area contributed by atoms with Gasteiger partial charge in [0, 0.05) is 23.6 Å². The first-order chi connectivity index (χ1) is 9.29. The Kier molecular flexibility index (Phi) is 3.13. The lowest BCUT2D eigenvalue weighted by Gasteiger charge is -2.31. The number of ether oxygens (including phenoxy) is 2. The molecule has 2 aromatic carbocycles. The van der Waals surface area contributed by atoms with E-state index in [0.717, 1.165) is 29.0 Å². The smallest absolute Gasteiger partial charge is 0.129 e. The van der Waals surface area contributed by atoms with Crippen LogP contribution in [0.15, 0.2) is 48.5 Å². The SMILES string of the molecule is COc1ccccc1C1C[C@@H](N)c2ccccc2O1. The van der Waals surface area contributed by atoms with Gasteiger partial charge in [0.1, 0.15) is 17.6 Å². The summed E-state index contributed by atoms with van der Waals surface area (Å²) in [6.45, 7) is 0. The molecule has 1 unspecified atom stereocenters. The van der Waals surface area contributed by atoms with E-state index in [1.165, 1.54) is 0 Å². The number of nitrogens with two attached hydrogens (primary N) is 1. The van der Waals surface area contributed by atoms with E-state index < -0.39 is 0 Å². The predicted molar refractivity (Wildman–Crippen MR) is 74.4 cm³/mol. The first-order valence-electron chi connectivity index (χ1n) is 6.43. The van der Waals surface area contributed by atoms with Crippen molar-refractivity contribution in [3.63, 3.8) is 0 Å². The van der Waals surface area contributed by atoms with Crippen molar-refractivity contribution in [1.82, 2.24) is 0 Å². The third-order valence-electron chi connectivity index (χ3n) is 3.54. The normalized spacial score (nSPS) is 21.4. The molecular weight excluding hydrogens is 238 g/mol. The Balaban J connectivity index is 1.97. The minimum atomic E-state index is -0.0546. The molecule has 19 heavy (non-hydrogen) atoms. The fourth-order valence-corrected chi connectivity index (χ4v) is 2.58. The van der Waals surface area contributed by atoms with E-state index in [4.69, 9.17) is 15.2 Å². The third-order valence-corrected chi connectivity index (χ3v) is 3.54. The Morgan fingerprint density at radius 3 is 2.53 bits per heavy atom. The summed E-state index contributed by atoms with van der Waals surface area (Å²) in [4.78, 5) is 0. The van der Waals surface area contributed by atoms with Crippen LogP contribution in [0, 0.1) is 0 Å². The Bertz CT molecular complexity index is 582. The van der Waals surface area contributed by atoms with Crippen molar-refractivity contribution in [1.29, 1.82) is 0 Å². The molecule has 0 spiro atoms. The van der Waals surface area contributed by atoms with Crippen molar-refractivity contribution in [3.05, 3.63) is 59.7 Å². The van der Waals surface area contributed by atoms with Crippen LogP contribution in [0.5, 0.6) is 11.5 Å². The fraction of sp³-hybridized carbons (Fsp3) is 0.250. The van der Waals surface area contributed by atoms with Gasteiger partial charge in [-0.25, -0.2) is 0 Å². The lowest BCUT2D eigenvalue weighted by molar-refractivity contribution is 0.158. The molecular formula is C16H17NO2. The number of rotatable bonds is 2. The van der Waals surface area contributed by atoms with Gasteiger partial charge in [-0.2, -0.15) is 0 Å². The van der Waals surface area contributed by atoms with Crippen molar-refractivity contribution in [3.8, 4) is 11.5 Å². The van der Waals surface area contributed by atoms with Gasteiger partial charge in [-0.3, -0.25) is 0 Å². The minimum absolute atomic E-state index is 0.000128. The maximum atomic E-state index is 6.24. The van der Waals surface area contributed by atoms with Gasteiger partial charge in [0.15, 0.2) is 0 Å². The molecule has 0 amide bonds. The van der Waals surface area contributed by atoms with Gasteiger partial charge in [0.25, 0.3) is 0 Å². The van der Waals surface area contributed by atoms with Crippen LogP contribution in [0.25, 0.3) is 0 Å². The average Bonchev–Trinajstić information content (AvgIpc) is 2.47. The fourth-order valence-electron chi connectivity index (χ4n) is 2.58. The minimum Gasteiger partial charge on any atom is -0.496 e. The standard InChI is InChI=1S/C16H17NO2/c1-18-14-8-4-3-7-12(14)16-10-13(17)11-6-2-5-9-15(11)19-16/h2-9,13,16H,10,17H2,1H3/t13-,16?/m1/s1. The Morgan fingerprint density at radius 1 is 1.05 bits per heavy atom. The molecule has 0 saturated carbocycles. The highest BCUT2D eigenvalue weighted by molar-refractivity contribution is 5.42. The molecule has 1 heterocycles. The number of hydrogen-bond donors (Lipinski definition) is 1. The molecule has 1 aliphatic heterocycles. The van der Waals surface area contributed by atoms with Crippen molar-refractivity contribution >= 4 is 0 Å². The molecule has 3 nitrogen and oxygen atoms in total. The van der Waals surface area contributed by atoms with E-state index in [0.29, 0.717) is 0 Å². The van der Waals surface area contributed by atoms with Gasteiger partial charge < -0.3 is 15.2 Å². The van der Waals surface area contributed by atoms with Gasteiger partial charge in [-0.15, -0.1) is 0 Å². The predicted octanol–water partition coefficient (Wildman–Crippen LogP) is 3.22. The maximum Gasteiger partial charge on any atom is 0.129 e. The molecule has 0 bridgehead atoms. The summed E-state index contributed by atoms with van der Waals surface area (Å²) in [5.74, 6) is 1.72. The first-order valence-corrected chi connectivity index (χ1v) is 6.43. The molecule has 2 N–H and O–H groups in total. The molecule has 0 saturated heterocycles. The third kappa shape index (κ3) is 2.17. The number of benzene rings is 2. The van der Waals surface area contributed by atoms with E-state index >= 15 is 0 Å². The highest BCUT2D eigenvalue weighted by Gasteiger charge is 2.28. The van der Waals surface area contributed by atoms with E-state index in [1.54, 1.807) is 7.11 Å². The van der Waals surface area contributed by atoms with Gasteiger partial charge in [0.05, 0.1) is 7.11 Å². The second kappa shape index (κ2) is 4.94. The van der Waals surface area contributed by atoms with Gasteiger partial charge >= 0.3 is 0 Å². The molecule has 2 aromatic rings. The van der Waals surface area contributed by atoms with Crippen LogP contribution in [-0.2, 0) is 0 Å².